The maximum atomic E-state index is 13.5. The summed E-state index contributed by atoms with van der Waals surface area (Å²) in [6.45, 7) is 9.09. The Morgan fingerprint density at radius 3 is 2.20 bits per heavy atom. The average molecular weight is 658 g/mol. The molecule has 0 spiro atoms. The summed E-state index contributed by atoms with van der Waals surface area (Å²) in [5.74, 6) is -0.176. The summed E-state index contributed by atoms with van der Waals surface area (Å²) < 4.78 is 56.7. The third kappa shape index (κ3) is 8.95. The van der Waals surface area contributed by atoms with E-state index in [4.69, 9.17) is 14.2 Å². The average Bonchev–Trinajstić information content (AvgIpc) is 3.03. The normalized spacial score (nSPS) is 15.9. The Morgan fingerprint density at radius 2 is 1.50 bits per heavy atom. The minimum Gasteiger partial charge on any atom is -0.493 e. The molecule has 3 aromatic rings. The Balaban J connectivity index is 1.02. The number of anilines is 2. The molecule has 1 fully saturated rings. The summed E-state index contributed by atoms with van der Waals surface area (Å²) in [7, 11) is 0. The molecule has 0 amide bonds. The summed E-state index contributed by atoms with van der Waals surface area (Å²) in [4.78, 5) is 32.0. The minimum absolute atomic E-state index is 0.168. The van der Waals surface area contributed by atoms with E-state index in [1.165, 1.54) is 24.8 Å². The highest BCUT2D eigenvalue weighted by atomic mass is 32.2. The summed E-state index contributed by atoms with van der Waals surface area (Å²) in [5.41, 5.74) is 0.911. The molecule has 2 heterocycles. The topological polar surface area (TPSA) is 71.5 Å². The maximum absolute atomic E-state index is 13.5. The number of hydrogen-bond acceptors (Lipinski definition) is 9. The number of benzene rings is 3. The van der Waals surface area contributed by atoms with Crippen LogP contribution in [0.25, 0.3) is 0 Å². The van der Waals surface area contributed by atoms with E-state index >= 15 is 0 Å². The van der Waals surface area contributed by atoms with Crippen molar-refractivity contribution in [1.82, 2.24) is 9.80 Å². The second kappa shape index (κ2) is 15.2. The van der Waals surface area contributed by atoms with Gasteiger partial charge in [0.15, 0.2) is 0 Å². The van der Waals surface area contributed by atoms with Crippen molar-refractivity contribution in [3.05, 3.63) is 72.3 Å². The van der Waals surface area contributed by atoms with Crippen LogP contribution in [0.2, 0.25) is 0 Å². The molecule has 0 radical (unpaired) electrons. The predicted octanol–water partition coefficient (Wildman–Crippen LogP) is 6.50. The zero-order chi connectivity index (χ0) is 32.7. The highest BCUT2D eigenvalue weighted by Gasteiger charge is 2.33. The maximum Gasteiger partial charge on any atom is 0.416 e. The molecule has 1 unspecified atom stereocenters. The van der Waals surface area contributed by atoms with E-state index in [0.717, 1.165) is 60.7 Å². The zero-order valence-corrected chi connectivity index (χ0v) is 26.7. The van der Waals surface area contributed by atoms with E-state index in [1.807, 2.05) is 29.2 Å². The van der Waals surface area contributed by atoms with E-state index in [1.54, 1.807) is 37.3 Å². The van der Waals surface area contributed by atoms with Gasteiger partial charge in [0, 0.05) is 56.0 Å². The fraction of sp³-hybridized carbons (Fsp3) is 0.412. The quantitative estimate of drug-likeness (QED) is 0.160. The molecule has 2 aliphatic rings. The number of piperazine rings is 1. The van der Waals surface area contributed by atoms with E-state index in [2.05, 4.69) is 9.80 Å². The van der Waals surface area contributed by atoms with Gasteiger partial charge in [-0.3, -0.25) is 14.5 Å². The van der Waals surface area contributed by atoms with Gasteiger partial charge in [-0.05, 0) is 74.5 Å². The first-order chi connectivity index (χ1) is 22.1. The third-order valence-electron chi connectivity index (χ3n) is 7.91. The van der Waals surface area contributed by atoms with Gasteiger partial charge in [0.25, 0.3) is 0 Å². The number of nitrogens with zero attached hydrogens (tertiary/aromatic N) is 3. The first-order valence-electron chi connectivity index (χ1n) is 15.3. The van der Waals surface area contributed by atoms with Crippen LogP contribution in [-0.4, -0.2) is 80.8 Å². The molecule has 0 N–H and O–H groups in total. The molecular formula is C34H38F3N3O5S. The molecule has 0 aromatic heterocycles. The Bertz CT molecular complexity index is 1500. The number of carbonyl (C=O) groups excluding carboxylic acids is 2. The lowest BCUT2D eigenvalue weighted by atomic mass is 10.1. The lowest BCUT2D eigenvalue weighted by molar-refractivity contribution is -0.149. The van der Waals surface area contributed by atoms with Gasteiger partial charge in [0.05, 0.1) is 22.9 Å². The van der Waals surface area contributed by atoms with Crippen molar-refractivity contribution in [2.75, 3.05) is 63.9 Å². The van der Waals surface area contributed by atoms with Crippen molar-refractivity contribution in [3.8, 4) is 11.5 Å². The highest BCUT2D eigenvalue weighted by molar-refractivity contribution is 7.99. The van der Waals surface area contributed by atoms with Crippen molar-refractivity contribution in [2.24, 2.45) is 5.92 Å². The molecule has 12 heteroatoms. The molecule has 3 aromatic carbocycles. The van der Waals surface area contributed by atoms with Gasteiger partial charge in [0.2, 0.25) is 0 Å². The number of para-hydroxylation sites is 1. The first kappa shape index (κ1) is 33.6. The number of halogens is 3. The number of esters is 2. The molecule has 1 atom stereocenters. The lowest BCUT2D eigenvalue weighted by Crippen LogP contribution is -2.47. The van der Waals surface area contributed by atoms with Crippen LogP contribution < -0.4 is 14.4 Å². The van der Waals surface area contributed by atoms with E-state index in [9.17, 15) is 22.8 Å². The van der Waals surface area contributed by atoms with Gasteiger partial charge in [0.1, 0.15) is 24.7 Å². The number of alkyl halides is 3. The van der Waals surface area contributed by atoms with E-state index in [-0.39, 0.29) is 12.6 Å². The van der Waals surface area contributed by atoms with Crippen LogP contribution in [0.15, 0.2) is 76.5 Å². The highest BCUT2D eigenvalue weighted by Crippen LogP contribution is 2.49. The van der Waals surface area contributed by atoms with Crippen molar-refractivity contribution in [3.63, 3.8) is 0 Å². The molecule has 0 saturated carbocycles. The number of carbonyl (C=O) groups is 2. The second-order valence-corrected chi connectivity index (χ2v) is 12.5. The van der Waals surface area contributed by atoms with Gasteiger partial charge < -0.3 is 24.0 Å². The third-order valence-corrected chi connectivity index (χ3v) is 9.04. The van der Waals surface area contributed by atoms with Crippen molar-refractivity contribution in [1.29, 1.82) is 0 Å². The summed E-state index contributed by atoms with van der Waals surface area (Å²) in [5, 5.41) is 0. The molecule has 46 heavy (non-hydrogen) atoms. The van der Waals surface area contributed by atoms with Crippen LogP contribution in [0.1, 0.15) is 25.8 Å². The molecule has 0 bridgehead atoms. The van der Waals surface area contributed by atoms with Crippen LogP contribution in [0.5, 0.6) is 11.5 Å². The fourth-order valence-corrected chi connectivity index (χ4v) is 6.49. The molecular weight excluding hydrogens is 619 g/mol. The fourth-order valence-electron chi connectivity index (χ4n) is 5.41. The van der Waals surface area contributed by atoms with E-state index < -0.39 is 23.6 Å². The predicted molar refractivity (Wildman–Crippen MR) is 170 cm³/mol. The second-order valence-electron chi connectivity index (χ2n) is 11.4. The SMILES string of the molecule is CC(=O)Oc1ccc(OCC(C)C(=O)OCCN2CCN(CCCN3c4ccccc4Sc4ccc(C(F)(F)F)cc43)CC2)cc1. The lowest BCUT2D eigenvalue weighted by Gasteiger charge is -2.36. The van der Waals surface area contributed by atoms with Crippen LogP contribution in [0.3, 0.4) is 0 Å². The monoisotopic (exact) mass is 657 g/mol. The van der Waals surface area contributed by atoms with Crippen LogP contribution in [-0.2, 0) is 20.5 Å². The van der Waals surface area contributed by atoms with Crippen molar-refractivity contribution < 1.29 is 37.0 Å². The molecule has 5 rings (SSSR count). The van der Waals surface area contributed by atoms with Crippen molar-refractivity contribution in [2.45, 2.75) is 36.2 Å². The number of fused-ring (bicyclic) bond motifs is 2. The zero-order valence-electron chi connectivity index (χ0n) is 25.9. The van der Waals surface area contributed by atoms with Gasteiger partial charge in [-0.25, -0.2) is 0 Å². The van der Waals surface area contributed by atoms with Gasteiger partial charge in [-0.15, -0.1) is 0 Å². The van der Waals surface area contributed by atoms with Crippen LogP contribution >= 0.6 is 11.8 Å². The molecule has 2 aliphatic heterocycles. The smallest absolute Gasteiger partial charge is 0.416 e. The standard InChI is InChI=1S/C34H38F3N3O5S/c1-24(23-44-27-9-11-28(12-10-27)45-25(2)41)33(42)43-21-20-39-18-16-38(17-19-39)14-5-15-40-29-6-3-4-7-31(29)46-32-13-8-26(22-30(32)40)34(35,36)37/h3-4,6-13,22,24H,5,14-21,23H2,1-2H3. The van der Waals surface area contributed by atoms with Gasteiger partial charge in [-0.1, -0.05) is 23.9 Å². The molecule has 0 aliphatic carbocycles. The number of rotatable bonds is 12. The number of ether oxygens (including phenoxy) is 3. The van der Waals surface area contributed by atoms with E-state index in [0.29, 0.717) is 36.9 Å². The Morgan fingerprint density at radius 1 is 0.848 bits per heavy atom. The Hall–Kier alpha value is -3.74. The summed E-state index contributed by atoms with van der Waals surface area (Å²) in [6, 6.07) is 18.5. The van der Waals surface area contributed by atoms with Gasteiger partial charge in [-0.2, -0.15) is 13.2 Å². The molecule has 246 valence electrons. The summed E-state index contributed by atoms with van der Waals surface area (Å²) >= 11 is 1.51. The summed E-state index contributed by atoms with van der Waals surface area (Å²) in [6.07, 6.45) is -3.59. The largest absolute Gasteiger partial charge is 0.493 e. The first-order valence-corrected chi connectivity index (χ1v) is 16.2. The molecule has 8 nitrogen and oxygen atoms in total. The van der Waals surface area contributed by atoms with Crippen molar-refractivity contribution >= 4 is 35.1 Å². The number of hydrogen-bond donors (Lipinski definition) is 0. The minimum atomic E-state index is -4.39. The molecule has 1 saturated heterocycles. The van der Waals surface area contributed by atoms with Crippen LogP contribution in [0.4, 0.5) is 24.5 Å². The Kier molecular flexibility index (Phi) is 11.1. The van der Waals surface area contributed by atoms with Gasteiger partial charge >= 0.3 is 18.1 Å². The van der Waals surface area contributed by atoms with Crippen LogP contribution in [0, 0.1) is 5.92 Å². The Labute approximate surface area is 271 Å².